The second-order valence-electron chi connectivity index (χ2n) is 3.84. The van der Waals surface area contributed by atoms with Crippen LogP contribution in [0.2, 0.25) is 0 Å². The molecule has 0 radical (unpaired) electrons. The van der Waals surface area contributed by atoms with Crippen molar-refractivity contribution in [1.82, 2.24) is 14.9 Å². The molecule has 0 aliphatic rings. The first kappa shape index (κ1) is 12.6. The van der Waals surface area contributed by atoms with Crippen LogP contribution in [-0.2, 0) is 6.54 Å². The summed E-state index contributed by atoms with van der Waals surface area (Å²) in [6, 6.07) is 0. The lowest BCUT2D eigenvalue weighted by Crippen LogP contribution is -2.29. The van der Waals surface area contributed by atoms with Gasteiger partial charge < -0.3 is 5.32 Å². The van der Waals surface area contributed by atoms with Gasteiger partial charge in [-0.1, -0.05) is 13.8 Å². The molecule has 1 heterocycles. The molecule has 0 aliphatic carbocycles. The average Bonchev–Trinajstić information content (AvgIpc) is 2.18. The maximum atomic E-state index is 11.6. The molecule has 0 saturated heterocycles. The van der Waals surface area contributed by atoms with Crippen LogP contribution in [0.3, 0.4) is 0 Å². The summed E-state index contributed by atoms with van der Waals surface area (Å²) in [5.41, 5.74) is 0.0388. The van der Waals surface area contributed by atoms with Gasteiger partial charge in [0.25, 0.3) is 5.56 Å². The highest BCUT2D eigenvalue weighted by Crippen LogP contribution is 1.92. The van der Waals surface area contributed by atoms with Gasteiger partial charge in [-0.15, -0.1) is 0 Å². The Labute approximate surface area is 103 Å². The van der Waals surface area contributed by atoms with Gasteiger partial charge in [0.05, 0.1) is 9.90 Å². The number of hydrogen-bond acceptors (Lipinski definition) is 3. The molecular formula is C10H16IN3O. The van der Waals surface area contributed by atoms with Gasteiger partial charge in [0, 0.05) is 19.3 Å². The highest BCUT2D eigenvalue weighted by Gasteiger charge is 2.00. The number of hydrogen-bond donors (Lipinski definition) is 1. The van der Waals surface area contributed by atoms with E-state index in [-0.39, 0.29) is 5.56 Å². The molecule has 1 aromatic heterocycles. The van der Waals surface area contributed by atoms with Gasteiger partial charge in [-0.25, -0.2) is 4.98 Å². The summed E-state index contributed by atoms with van der Waals surface area (Å²) >= 11 is 2.01. The van der Waals surface area contributed by atoms with E-state index in [0.29, 0.717) is 16.0 Å². The predicted octanol–water partition coefficient (Wildman–Crippen LogP) is 1.09. The molecule has 0 amide bonds. The second-order valence-corrected chi connectivity index (χ2v) is 5.00. The smallest absolute Gasteiger partial charge is 0.266 e. The van der Waals surface area contributed by atoms with Crippen LogP contribution >= 0.6 is 22.6 Å². The van der Waals surface area contributed by atoms with E-state index in [1.807, 2.05) is 22.6 Å². The molecule has 0 atom stereocenters. The molecule has 0 aromatic carbocycles. The van der Waals surface area contributed by atoms with Gasteiger partial charge in [-0.2, -0.15) is 0 Å². The molecule has 5 heteroatoms. The minimum absolute atomic E-state index is 0.0388. The molecule has 0 unspecified atom stereocenters. The summed E-state index contributed by atoms with van der Waals surface area (Å²) in [6.45, 7) is 6.78. The highest BCUT2D eigenvalue weighted by molar-refractivity contribution is 14.1. The van der Waals surface area contributed by atoms with Gasteiger partial charge in [0.15, 0.2) is 0 Å². The van der Waals surface area contributed by atoms with Crippen LogP contribution in [0.15, 0.2) is 17.3 Å². The van der Waals surface area contributed by atoms with E-state index in [9.17, 15) is 4.79 Å². The second kappa shape index (κ2) is 6.22. The summed E-state index contributed by atoms with van der Waals surface area (Å²) < 4.78 is 2.30. The van der Waals surface area contributed by atoms with E-state index < -0.39 is 0 Å². The van der Waals surface area contributed by atoms with Crippen LogP contribution in [0.25, 0.3) is 0 Å². The number of nitrogens with zero attached hydrogens (tertiary/aromatic N) is 2. The van der Waals surface area contributed by atoms with Gasteiger partial charge in [-0.3, -0.25) is 9.36 Å². The summed E-state index contributed by atoms with van der Waals surface area (Å²) in [5.74, 6) is 0.635. The van der Waals surface area contributed by atoms with Crippen LogP contribution in [0, 0.1) is 9.49 Å². The van der Waals surface area contributed by atoms with Crippen molar-refractivity contribution < 1.29 is 0 Å². The van der Waals surface area contributed by atoms with Crippen LogP contribution < -0.4 is 10.9 Å². The van der Waals surface area contributed by atoms with Gasteiger partial charge in [0.1, 0.15) is 0 Å². The number of rotatable bonds is 5. The zero-order valence-corrected chi connectivity index (χ0v) is 11.2. The fourth-order valence-corrected chi connectivity index (χ4v) is 1.64. The molecule has 0 spiro atoms. The third kappa shape index (κ3) is 4.29. The van der Waals surface area contributed by atoms with Crippen molar-refractivity contribution in [2.45, 2.75) is 20.4 Å². The molecule has 1 aromatic rings. The van der Waals surface area contributed by atoms with E-state index in [1.165, 1.54) is 0 Å². The molecule has 0 fully saturated rings. The zero-order chi connectivity index (χ0) is 11.3. The lowest BCUT2D eigenvalue weighted by Gasteiger charge is -2.08. The van der Waals surface area contributed by atoms with E-state index in [4.69, 9.17) is 0 Å². The van der Waals surface area contributed by atoms with E-state index >= 15 is 0 Å². The zero-order valence-electron chi connectivity index (χ0n) is 9.03. The molecular weight excluding hydrogens is 305 g/mol. The molecule has 0 bridgehead atoms. The third-order valence-corrected chi connectivity index (χ3v) is 2.68. The van der Waals surface area contributed by atoms with E-state index in [0.717, 1.165) is 13.1 Å². The Morgan fingerprint density at radius 2 is 2.33 bits per heavy atom. The summed E-state index contributed by atoms with van der Waals surface area (Å²) in [6.07, 6.45) is 3.17. The van der Waals surface area contributed by atoms with Crippen molar-refractivity contribution in [3.63, 3.8) is 0 Å². The van der Waals surface area contributed by atoms with Crippen molar-refractivity contribution in [3.05, 3.63) is 26.4 Å². The van der Waals surface area contributed by atoms with Gasteiger partial charge in [0.2, 0.25) is 0 Å². The van der Waals surface area contributed by atoms with Crippen LogP contribution in [-0.4, -0.2) is 22.6 Å². The SMILES string of the molecule is CC(C)CNCCn1cncc(I)c1=O. The molecule has 0 saturated carbocycles. The number of aromatic nitrogens is 2. The fraction of sp³-hybridized carbons (Fsp3) is 0.600. The molecule has 1 N–H and O–H groups in total. The highest BCUT2D eigenvalue weighted by atomic mass is 127. The summed E-state index contributed by atoms with van der Waals surface area (Å²) in [4.78, 5) is 15.6. The topological polar surface area (TPSA) is 46.9 Å². The lowest BCUT2D eigenvalue weighted by atomic mass is 10.2. The first-order valence-corrected chi connectivity index (χ1v) is 6.10. The van der Waals surface area contributed by atoms with Crippen molar-refractivity contribution in [2.24, 2.45) is 5.92 Å². The summed E-state index contributed by atoms with van der Waals surface area (Å²) in [5, 5.41) is 3.29. The Hall–Kier alpha value is -0.430. The molecule has 0 aliphatic heterocycles. The largest absolute Gasteiger partial charge is 0.315 e. The van der Waals surface area contributed by atoms with E-state index in [1.54, 1.807) is 17.1 Å². The minimum Gasteiger partial charge on any atom is -0.315 e. The Kier molecular flexibility index (Phi) is 5.24. The molecule has 15 heavy (non-hydrogen) atoms. The number of halogens is 1. The van der Waals surface area contributed by atoms with Crippen LogP contribution in [0.4, 0.5) is 0 Å². The lowest BCUT2D eigenvalue weighted by molar-refractivity contribution is 0.517. The molecule has 1 rings (SSSR count). The van der Waals surface area contributed by atoms with Crippen molar-refractivity contribution in [1.29, 1.82) is 0 Å². The van der Waals surface area contributed by atoms with Crippen molar-refractivity contribution in [3.8, 4) is 0 Å². The summed E-state index contributed by atoms with van der Waals surface area (Å²) in [7, 11) is 0. The maximum Gasteiger partial charge on any atom is 0.266 e. The minimum atomic E-state index is 0.0388. The van der Waals surface area contributed by atoms with Crippen molar-refractivity contribution in [2.75, 3.05) is 13.1 Å². The standard InChI is InChI=1S/C10H16IN3O/c1-8(2)5-12-3-4-14-7-13-6-9(11)10(14)15/h6-8,12H,3-5H2,1-2H3. The van der Waals surface area contributed by atoms with E-state index in [2.05, 4.69) is 24.1 Å². The third-order valence-electron chi connectivity index (χ3n) is 1.94. The molecule has 4 nitrogen and oxygen atoms in total. The predicted molar refractivity (Wildman–Crippen MR) is 68.9 cm³/mol. The Morgan fingerprint density at radius 1 is 1.60 bits per heavy atom. The quantitative estimate of drug-likeness (QED) is 0.652. The monoisotopic (exact) mass is 321 g/mol. The fourth-order valence-electron chi connectivity index (χ4n) is 1.17. The molecule has 84 valence electrons. The van der Waals surface area contributed by atoms with Gasteiger partial charge >= 0.3 is 0 Å². The first-order valence-electron chi connectivity index (χ1n) is 5.02. The number of nitrogens with one attached hydrogen (secondary N) is 1. The average molecular weight is 321 g/mol. The van der Waals surface area contributed by atoms with Gasteiger partial charge in [-0.05, 0) is 35.1 Å². The van der Waals surface area contributed by atoms with Crippen LogP contribution in [0.1, 0.15) is 13.8 Å². The van der Waals surface area contributed by atoms with Crippen LogP contribution in [0.5, 0.6) is 0 Å². The van der Waals surface area contributed by atoms with Crippen molar-refractivity contribution >= 4 is 22.6 Å². The Bertz CT molecular complexity index is 362. The first-order chi connectivity index (χ1) is 7.11. The normalized spacial score (nSPS) is 10.9. The Morgan fingerprint density at radius 3 is 3.00 bits per heavy atom. The Balaban J connectivity index is 2.44. The maximum absolute atomic E-state index is 11.6.